The maximum atomic E-state index is 12.2. The van der Waals surface area contributed by atoms with Crippen molar-refractivity contribution in [2.45, 2.75) is 51.6 Å². The summed E-state index contributed by atoms with van der Waals surface area (Å²) in [5.74, 6) is 1.47. The van der Waals surface area contributed by atoms with Gasteiger partial charge in [0, 0.05) is 30.5 Å². The van der Waals surface area contributed by atoms with Gasteiger partial charge < -0.3 is 15.1 Å². The Morgan fingerprint density at radius 2 is 2.04 bits per heavy atom. The molecule has 144 valence electrons. The van der Waals surface area contributed by atoms with E-state index < -0.39 is 0 Å². The van der Waals surface area contributed by atoms with Gasteiger partial charge in [-0.2, -0.15) is 0 Å². The fourth-order valence-corrected chi connectivity index (χ4v) is 3.16. The van der Waals surface area contributed by atoms with Gasteiger partial charge in [-0.15, -0.1) is 24.8 Å². The molecule has 2 atom stereocenters. The highest BCUT2D eigenvalue weighted by Crippen LogP contribution is 2.24. The number of carbonyl (C=O) groups is 1. The number of piperidine rings is 1. The first-order valence-corrected chi connectivity index (χ1v) is 8.68. The summed E-state index contributed by atoms with van der Waals surface area (Å²) < 4.78 is 5.86. The molecular weight excluding hydrogens is 373 g/mol. The third-order valence-corrected chi connectivity index (χ3v) is 4.55. The average Bonchev–Trinajstić information content (AvgIpc) is 2.97. The summed E-state index contributed by atoms with van der Waals surface area (Å²) >= 11 is 0. The molecule has 1 aliphatic heterocycles. The van der Waals surface area contributed by atoms with Crippen LogP contribution in [-0.4, -0.2) is 29.5 Å². The molecule has 2 unspecified atom stereocenters. The van der Waals surface area contributed by atoms with E-state index >= 15 is 0 Å². The quantitative estimate of drug-likeness (QED) is 0.804. The van der Waals surface area contributed by atoms with Gasteiger partial charge in [-0.3, -0.25) is 4.79 Å². The fraction of sp³-hybridized carbons (Fsp3) is 0.474. The maximum Gasteiger partial charge on any atom is 0.220 e. The highest BCUT2D eigenvalue weighted by atomic mass is 35.5. The van der Waals surface area contributed by atoms with Crippen molar-refractivity contribution >= 4 is 30.7 Å². The van der Waals surface area contributed by atoms with Gasteiger partial charge in [0.2, 0.25) is 5.91 Å². The minimum Gasteiger partial charge on any atom is -0.440 e. The summed E-state index contributed by atoms with van der Waals surface area (Å²) in [5, 5.41) is 6.52. The van der Waals surface area contributed by atoms with Gasteiger partial charge in [-0.1, -0.05) is 30.3 Å². The Kier molecular flexibility index (Phi) is 9.13. The van der Waals surface area contributed by atoms with E-state index in [9.17, 15) is 4.79 Å². The summed E-state index contributed by atoms with van der Waals surface area (Å²) in [6.07, 6.45) is 3.07. The number of nitrogens with zero attached hydrogens (tertiary/aromatic N) is 1. The van der Waals surface area contributed by atoms with Crippen molar-refractivity contribution in [2.75, 3.05) is 6.54 Å². The molecule has 0 aliphatic carbocycles. The molecule has 5 nitrogen and oxygen atoms in total. The van der Waals surface area contributed by atoms with Gasteiger partial charge >= 0.3 is 0 Å². The smallest absolute Gasteiger partial charge is 0.220 e. The summed E-state index contributed by atoms with van der Waals surface area (Å²) in [6, 6.07) is 10.5. The van der Waals surface area contributed by atoms with Crippen LogP contribution in [0.5, 0.6) is 0 Å². The zero-order chi connectivity index (χ0) is 16.9. The standard InChI is InChI=1S/C19H25N3O2.2ClH/c1-13-16(9-6-12-20-13)22-17(23)10-11-18-21-14(2)19(24-18)15-7-4-3-5-8-15;;/h3-5,7-8,13,16,20H,6,9-12H2,1-2H3,(H,22,23);2*1H. The molecule has 3 rings (SSSR count). The van der Waals surface area contributed by atoms with Crippen LogP contribution in [0.3, 0.4) is 0 Å². The van der Waals surface area contributed by atoms with Crippen molar-refractivity contribution in [1.82, 2.24) is 15.6 Å². The van der Waals surface area contributed by atoms with Crippen LogP contribution in [0.25, 0.3) is 11.3 Å². The molecule has 0 radical (unpaired) electrons. The first kappa shape index (κ1) is 22.5. The number of benzene rings is 1. The molecule has 1 saturated heterocycles. The van der Waals surface area contributed by atoms with E-state index in [1.54, 1.807) is 0 Å². The first-order chi connectivity index (χ1) is 11.6. The van der Waals surface area contributed by atoms with Crippen LogP contribution in [0.1, 0.15) is 37.8 Å². The summed E-state index contributed by atoms with van der Waals surface area (Å²) in [5.41, 5.74) is 1.88. The molecule has 26 heavy (non-hydrogen) atoms. The minimum absolute atomic E-state index is 0. The number of nitrogens with one attached hydrogen (secondary N) is 2. The molecule has 7 heteroatoms. The van der Waals surface area contributed by atoms with Gasteiger partial charge in [-0.25, -0.2) is 4.98 Å². The zero-order valence-corrected chi connectivity index (χ0v) is 16.8. The molecule has 2 heterocycles. The number of amides is 1. The van der Waals surface area contributed by atoms with E-state index in [0.29, 0.717) is 24.8 Å². The Labute approximate surface area is 167 Å². The van der Waals surface area contributed by atoms with Crippen molar-refractivity contribution in [3.05, 3.63) is 41.9 Å². The van der Waals surface area contributed by atoms with Crippen LogP contribution in [0.4, 0.5) is 0 Å². The molecule has 1 fully saturated rings. The van der Waals surface area contributed by atoms with Crippen molar-refractivity contribution in [3.63, 3.8) is 0 Å². The minimum atomic E-state index is 0. The molecule has 1 aromatic carbocycles. The van der Waals surface area contributed by atoms with Gasteiger partial charge in [0.15, 0.2) is 11.7 Å². The Hall–Kier alpha value is -1.56. The van der Waals surface area contributed by atoms with Gasteiger partial charge in [0.1, 0.15) is 0 Å². The van der Waals surface area contributed by atoms with Crippen LogP contribution >= 0.6 is 24.8 Å². The lowest BCUT2D eigenvalue weighted by Crippen LogP contribution is -2.51. The number of rotatable bonds is 5. The second-order valence-electron chi connectivity index (χ2n) is 6.45. The lowest BCUT2D eigenvalue weighted by molar-refractivity contribution is -0.122. The van der Waals surface area contributed by atoms with E-state index in [-0.39, 0.29) is 36.8 Å². The predicted molar refractivity (Wildman–Crippen MR) is 108 cm³/mol. The lowest BCUT2D eigenvalue weighted by Gasteiger charge is -2.30. The second kappa shape index (κ2) is 10.6. The van der Waals surface area contributed by atoms with E-state index in [1.165, 1.54) is 0 Å². The van der Waals surface area contributed by atoms with E-state index in [1.807, 2.05) is 37.3 Å². The number of aryl methyl sites for hydroxylation is 2. The van der Waals surface area contributed by atoms with Crippen LogP contribution < -0.4 is 10.6 Å². The Bertz CT molecular complexity index is 691. The lowest BCUT2D eigenvalue weighted by atomic mass is 10.00. The van der Waals surface area contributed by atoms with E-state index in [2.05, 4.69) is 22.5 Å². The molecule has 0 bridgehead atoms. The average molecular weight is 400 g/mol. The number of carbonyl (C=O) groups excluding carboxylic acids is 1. The van der Waals surface area contributed by atoms with Crippen LogP contribution in [0, 0.1) is 6.92 Å². The third kappa shape index (κ3) is 5.73. The molecule has 0 saturated carbocycles. The molecule has 1 aromatic heterocycles. The number of hydrogen-bond acceptors (Lipinski definition) is 4. The van der Waals surface area contributed by atoms with E-state index in [4.69, 9.17) is 4.42 Å². The Morgan fingerprint density at radius 3 is 2.73 bits per heavy atom. The van der Waals surface area contributed by atoms with Gasteiger partial charge in [0.25, 0.3) is 0 Å². The highest BCUT2D eigenvalue weighted by molar-refractivity contribution is 5.85. The van der Waals surface area contributed by atoms with Crippen molar-refractivity contribution in [2.24, 2.45) is 0 Å². The summed E-state index contributed by atoms with van der Waals surface area (Å²) in [4.78, 5) is 16.6. The number of hydrogen-bond donors (Lipinski definition) is 2. The topological polar surface area (TPSA) is 67.2 Å². The largest absolute Gasteiger partial charge is 0.440 e. The fourth-order valence-electron chi connectivity index (χ4n) is 3.16. The molecule has 2 N–H and O–H groups in total. The molecule has 1 amide bonds. The van der Waals surface area contributed by atoms with E-state index in [0.717, 1.165) is 36.4 Å². The third-order valence-electron chi connectivity index (χ3n) is 4.55. The first-order valence-electron chi connectivity index (χ1n) is 8.68. The molecular formula is C19H27Cl2N3O2. The maximum absolute atomic E-state index is 12.2. The number of aromatic nitrogens is 1. The number of halogens is 2. The Morgan fingerprint density at radius 1 is 1.31 bits per heavy atom. The zero-order valence-electron chi connectivity index (χ0n) is 15.2. The predicted octanol–water partition coefficient (Wildman–Crippen LogP) is 3.68. The molecule has 0 spiro atoms. The van der Waals surface area contributed by atoms with Gasteiger partial charge in [0.05, 0.1) is 5.69 Å². The van der Waals surface area contributed by atoms with Crippen LogP contribution in [-0.2, 0) is 11.2 Å². The highest BCUT2D eigenvalue weighted by Gasteiger charge is 2.22. The number of oxazole rings is 1. The van der Waals surface area contributed by atoms with Crippen molar-refractivity contribution < 1.29 is 9.21 Å². The van der Waals surface area contributed by atoms with Crippen LogP contribution in [0.15, 0.2) is 34.7 Å². The molecule has 2 aromatic rings. The second-order valence-corrected chi connectivity index (χ2v) is 6.45. The monoisotopic (exact) mass is 399 g/mol. The van der Waals surface area contributed by atoms with Crippen LogP contribution in [0.2, 0.25) is 0 Å². The molecule has 1 aliphatic rings. The Balaban J connectivity index is 0.00000169. The van der Waals surface area contributed by atoms with Gasteiger partial charge in [-0.05, 0) is 33.2 Å². The van der Waals surface area contributed by atoms with Crippen molar-refractivity contribution in [1.29, 1.82) is 0 Å². The van der Waals surface area contributed by atoms with Crippen molar-refractivity contribution in [3.8, 4) is 11.3 Å². The summed E-state index contributed by atoms with van der Waals surface area (Å²) in [7, 11) is 0. The normalized spacial score (nSPS) is 19.2. The summed E-state index contributed by atoms with van der Waals surface area (Å²) in [6.45, 7) is 5.09. The SMILES string of the molecule is Cc1nc(CCC(=O)NC2CCCNC2C)oc1-c1ccccc1.Cl.Cl.